The highest BCUT2D eigenvalue weighted by Crippen LogP contribution is 2.35. The maximum atomic E-state index is 3.45. The van der Waals surface area contributed by atoms with E-state index in [4.69, 9.17) is 0 Å². The summed E-state index contributed by atoms with van der Waals surface area (Å²) in [6.07, 6.45) is 5.11. The molecular weight excluding hydrogens is 244 g/mol. The second-order valence-corrected chi connectivity index (χ2v) is 5.98. The fourth-order valence-electron chi connectivity index (χ4n) is 3.43. The van der Waals surface area contributed by atoms with Gasteiger partial charge in [0.05, 0.1) is 0 Å². The maximum Gasteiger partial charge on any atom is 0.0343 e. The van der Waals surface area contributed by atoms with Gasteiger partial charge in [-0.15, -0.1) is 0 Å². The zero-order valence-electron chi connectivity index (χ0n) is 13.4. The van der Waals surface area contributed by atoms with Gasteiger partial charge in [0.2, 0.25) is 0 Å². The van der Waals surface area contributed by atoms with E-state index in [-0.39, 0.29) is 0 Å². The van der Waals surface area contributed by atoms with Crippen LogP contribution in [0.15, 0.2) is 18.2 Å². The van der Waals surface area contributed by atoms with Crippen molar-refractivity contribution in [1.82, 2.24) is 4.90 Å². The minimum atomic E-state index is 0.738. The van der Waals surface area contributed by atoms with Gasteiger partial charge in [0.1, 0.15) is 0 Å². The molecule has 1 aromatic rings. The van der Waals surface area contributed by atoms with E-state index in [2.05, 4.69) is 49.2 Å². The third-order valence-electron chi connectivity index (χ3n) is 4.29. The van der Waals surface area contributed by atoms with Crippen LogP contribution < -0.4 is 5.32 Å². The van der Waals surface area contributed by atoms with Crippen LogP contribution in [0.3, 0.4) is 0 Å². The van der Waals surface area contributed by atoms with Crippen molar-refractivity contribution < 1.29 is 0 Å². The van der Waals surface area contributed by atoms with E-state index in [1.165, 1.54) is 51.0 Å². The molecule has 0 aliphatic heterocycles. The number of hydrogen-bond acceptors (Lipinski definition) is 2. The molecule has 0 saturated heterocycles. The molecule has 1 N–H and O–H groups in total. The van der Waals surface area contributed by atoms with Crippen LogP contribution in [0, 0.1) is 0 Å². The Kier molecular flexibility index (Phi) is 5.90. The van der Waals surface area contributed by atoms with Crippen molar-refractivity contribution in [1.29, 1.82) is 0 Å². The second-order valence-electron chi connectivity index (χ2n) is 5.98. The molecule has 20 heavy (non-hydrogen) atoms. The van der Waals surface area contributed by atoms with Crippen LogP contribution in [0.4, 0.5) is 5.69 Å². The number of hydrogen-bond donors (Lipinski definition) is 1. The SMILES string of the molecule is CCCN(CCC)CC1CCc2ccc(NCC)cc21. The quantitative estimate of drug-likeness (QED) is 0.761. The zero-order chi connectivity index (χ0) is 14.4. The first-order chi connectivity index (χ1) is 9.78. The number of fused-ring (bicyclic) bond motifs is 1. The van der Waals surface area contributed by atoms with Crippen molar-refractivity contribution in [2.45, 2.75) is 52.4 Å². The fourth-order valence-corrected chi connectivity index (χ4v) is 3.43. The molecule has 0 radical (unpaired) electrons. The molecule has 0 fully saturated rings. The van der Waals surface area contributed by atoms with Crippen molar-refractivity contribution in [3.05, 3.63) is 29.3 Å². The lowest BCUT2D eigenvalue weighted by atomic mass is 9.99. The largest absolute Gasteiger partial charge is 0.385 e. The first-order valence-electron chi connectivity index (χ1n) is 8.37. The molecule has 0 spiro atoms. The topological polar surface area (TPSA) is 15.3 Å². The van der Waals surface area contributed by atoms with Gasteiger partial charge in [0.25, 0.3) is 0 Å². The molecular formula is C18H30N2. The summed E-state index contributed by atoms with van der Waals surface area (Å²) in [7, 11) is 0. The van der Waals surface area contributed by atoms with Gasteiger partial charge in [-0.1, -0.05) is 19.9 Å². The Hall–Kier alpha value is -1.02. The van der Waals surface area contributed by atoms with Crippen molar-refractivity contribution in [3.8, 4) is 0 Å². The third kappa shape index (κ3) is 3.76. The van der Waals surface area contributed by atoms with Crippen LogP contribution in [-0.2, 0) is 6.42 Å². The van der Waals surface area contributed by atoms with Crippen LogP contribution in [0.1, 0.15) is 57.1 Å². The molecule has 1 aliphatic rings. The lowest BCUT2D eigenvalue weighted by Gasteiger charge is -2.25. The summed E-state index contributed by atoms with van der Waals surface area (Å²) in [6.45, 7) is 11.5. The highest BCUT2D eigenvalue weighted by molar-refractivity contribution is 5.51. The van der Waals surface area contributed by atoms with Gasteiger partial charge in [-0.05, 0) is 74.9 Å². The van der Waals surface area contributed by atoms with E-state index >= 15 is 0 Å². The van der Waals surface area contributed by atoms with Crippen LogP contribution in [0.25, 0.3) is 0 Å². The van der Waals surface area contributed by atoms with Crippen LogP contribution >= 0.6 is 0 Å². The van der Waals surface area contributed by atoms with Gasteiger partial charge < -0.3 is 10.2 Å². The van der Waals surface area contributed by atoms with Crippen molar-refractivity contribution in [2.24, 2.45) is 0 Å². The second kappa shape index (κ2) is 7.68. The lowest BCUT2D eigenvalue weighted by Crippen LogP contribution is -2.29. The van der Waals surface area contributed by atoms with Crippen molar-refractivity contribution in [2.75, 3.05) is 31.5 Å². The summed E-state index contributed by atoms with van der Waals surface area (Å²) in [5, 5.41) is 3.45. The zero-order valence-corrected chi connectivity index (χ0v) is 13.4. The Morgan fingerprint density at radius 1 is 1.15 bits per heavy atom. The minimum Gasteiger partial charge on any atom is -0.385 e. The summed E-state index contributed by atoms with van der Waals surface area (Å²) in [4.78, 5) is 2.65. The Bertz CT molecular complexity index is 408. The molecule has 0 bridgehead atoms. The number of rotatable bonds is 8. The van der Waals surface area contributed by atoms with E-state index in [0.717, 1.165) is 12.5 Å². The molecule has 0 aromatic heterocycles. The van der Waals surface area contributed by atoms with Crippen LogP contribution in [0.5, 0.6) is 0 Å². The van der Waals surface area contributed by atoms with Crippen molar-refractivity contribution >= 4 is 5.69 Å². The molecule has 0 heterocycles. The van der Waals surface area contributed by atoms with Crippen LogP contribution in [-0.4, -0.2) is 31.1 Å². The standard InChI is InChI=1S/C18H30N2/c1-4-11-20(12-5-2)14-16-8-7-15-9-10-17(19-6-3)13-18(15)16/h9-10,13,16,19H,4-8,11-12,14H2,1-3H3. The van der Waals surface area contributed by atoms with E-state index in [1.807, 2.05) is 0 Å². The molecule has 1 aliphatic carbocycles. The summed E-state index contributed by atoms with van der Waals surface area (Å²) < 4.78 is 0. The molecule has 2 nitrogen and oxygen atoms in total. The summed E-state index contributed by atoms with van der Waals surface area (Å²) in [6, 6.07) is 6.96. The molecule has 1 unspecified atom stereocenters. The van der Waals surface area contributed by atoms with E-state index < -0.39 is 0 Å². The molecule has 1 atom stereocenters. The maximum absolute atomic E-state index is 3.45. The Labute approximate surface area is 124 Å². The van der Waals surface area contributed by atoms with Gasteiger partial charge in [0.15, 0.2) is 0 Å². The van der Waals surface area contributed by atoms with E-state index in [9.17, 15) is 0 Å². The predicted octanol–water partition coefficient (Wildman–Crippen LogP) is 4.27. The predicted molar refractivity (Wildman–Crippen MR) is 88.7 cm³/mol. The van der Waals surface area contributed by atoms with E-state index in [0.29, 0.717) is 0 Å². The fraction of sp³-hybridized carbons (Fsp3) is 0.667. The lowest BCUT2D eigenvalue weighted by molar-refractivity contribution is 0.256. The number of anilines is 1. The first kappa shape index (κ1) is 15.4. The molecule has 112 valence electrons. The Balaban J connectivity index is 2.07. The first-order valence-corrected chi connectivity index (χ1v) is 8.37. The summed E-state index contributed by atoms with van der Waals surface area (Å²) in [5.41, 5.74) is 4.46. The van der Waals surface area contributed by atoms with Gasteiger partial charge in [-0.25, -0.2) is 0 Å². The van der Waals surface area contributed by atoms with Gasteiger partial charge >= 0.3 is 0 Å². The number of aryl methyl sites for hydroxylation is 1. The van der Waals surface area contributed by atoms with Gasteiger partial charge in [0, 0.05) is 18.8 Å². The molecule has 1 aromatic carbocycles. The average Bonchev–Trinajstić information content (AvgIpc) is 2.83. The highest BCUT2D eigenvalue weighted by Gasteiger charge is 2.24. The minimum absolute atomic E-state index is 0.738. The highest BCUT2D eigenvalue weighted by atomic mass is 15.1. The third-order valence-corrected chi connectivity index (χ3v) is 4.29. The number of benzene rings is 1. The molecule has 2 rings (SSSR count). The summed E-state index contributed by atoms with van der Waals surface area (Å²) >= 11 is 0. The van der Waals surface area contributed by atoms with Crippen molar-refractivity contribution in [3.63, 3.8) is 0 Å². The Morgan fingerprint density at radius 3 is 2.55 bits per heavy atom. The van der Waals surface area contributed by atoms with Crippen LogP contribution in [0.2, 0.25) is 0 Å². The average molecular weight is 274 g/mol. The monoisotopic (exact) mass is 274 g/mol. The smallest absolute Gasteiger partial charge is 0.0343 e. The number of nitrogens with one attached hydrogen (secondary N) is 1. The van der Waals surface area contributed by atoms with Gasteiger partial charge in [-0.2, -0.15) is 0 Å². The molecule has 0 amide bonds. The normalized spacial score (nSPS) is 17.5. The van der Waals surface area contributed by atoms with E-state index in [1.54, 1.807) is 11.1 Å². The molecule has 0 saturated carbocycles. The molecule has 2 heteroatoms. The summed E-state index contributed by atoms with van der Waals surface area (Å²) in [5.74, 6) is 0.738. The van der Waals surface area contributed by atoms with Gasteiger partial charge in [-0.3, -0.25) is 0 Å². The number of nitrogens with zero attached hydrogens (tertiary/aromatic N) is 1. The Morgan fingerprint density at radius 2 is 1.90 bits per heavy atom.